The van der Waals surface area contributed by atoms with Crippen LogP contribution >= 0.6 is 0 Å². The summed E-state index contributed by atoms with van der Waals surface area (Å²) in [5.74, 6) is -1.39. The van der Waals surface area contributed by atoms with Crippen LogP contribution in [0, 0.1) is 0 Å². The van der Waals surface area contributed by atoms with Crippen molar-refractivity contribution < 1.29 is 27.4 Å². The van der Waals surface area contributed by atoms with Gasteiger partial charge in [0.05, 0.1) is 0 Å². The fourth-order valence-corrected chi connectivity index (χ4v) is 21.6. The molecule has 2 atom stereocenters. The van der Waals surface area contributed by atoms with Crippen molar-refractivity contribution in [2.24, 2.45) is 0 Å². The minimum absolute atomic E-state index is 0.270. The summed E-state index contributed by atoms with van der Waals surface area (Å²) in [5.41, 5.74) is -3.39. The fourth-order valence-electron chi connectivity index (χ4n) is 5.05. The second-order valence-corrected chi connectivity index (χ2v) is 24.3. The molecule has 0 fully saturated rings. The first-order valence-electron chi connectivity index (χ1n) is 13.5. The first kappa shape index (κ1) is 32.3. The van der Waals surface area contributed by atoms with E-state index in [0.29, 0.717) is 6.42 Å². The Morgan fingerprint density at radius 3 is 1.77 bits per heavy atom. The number of hydrogen-bond donors (Lipinski definition) is 0. The molecule has 3 nitrogen and oxygen atoms in total. The van der Waals surface area contributed by atoms with Crippen molar-refractivity contribution in [2.45, 2.75) is 121 Å². The maximum absolute atomic E-state index is 14.1. The Balaban J connectivity index is 2.80. The number of hydrogen-bond acceptors (Lipinski definition) is 3. The number of methoxy groups -OCH3 is 1. The first-order valence-corrected chi connectivity index (χ1v) is 21.6. The van der Waals surface area contributed by atoms with E-state index in [9.17, 15) is 18.0 Å². The van der Waals surface area contributed by atoms with Gasteiger partial charge in [0, 0.05) is 0 Å². The third-order valence-corrected chi connectivity index (χ3v) is 23.4. The summed E-state index contributed by atoms with van der Waals surface area (Å²) in [7, 11) is 0.905. The third kappa shape index (κ3) is 9.56. The van der Waals surface area contributed by atoms with Gasteiger partial charge in [-0.15, -0.1) is 0 Å². The normalized spacial score (nSPS) is 15.0. The van der Waals surface area contributed by atoms with Crippen LogP contribution in [0.3, 0.4) is 0 Å². The molecule has 1 aromatic carbocycles. The van der Waals surface area contributed by atoms with Crippen LogP contribution in [0.15, 0.2) is 30.3 Å². The van der Waals surface area contributed by atoms with E-state index in [2.05, 4.69) is 20.8 Å². The van der Waals surface area contributed by atoms with Crippen molar-refractivity contribution in [1.82, 2.24) is 0 Å². The van der Waals surface area contributed by atoms with Gasteiger partial charge in [0.2, 0.25) is 0 Å². The number of rotatable bonds is 18. The summed E-state index contributed by atoms with van der Waals surface area (Å²) in [6, 6.07) is 7.01. The minimum atomic E-state index is -4.94. The molecule has 0 N–H and O–H groups in total. The Bertz CT molecular complexity index is 689. The summed E-state index contributed by atoms with van der Waals surface area (Å²) in [6.45, 7) is 8.48. The molecular weight excluding hydrogens is 560 g/mol. The molecule has 0 spiro atoms. The molecule has 0 radical (unpaired) electrons. The molecule has 0 unspecified atom stereocenters. The van der Waals surface area contributed by atoms with Crippen LogP contribution in [0.25, 0.3) is 0 Å². The molecule has 0 aromatic heterocycles. The van der Waals surface area contributed by atoms with E-state index in [1.807, 2.05) is 0 Å². The van der Waals surface area contributed by atoms with Crippen molar-refractivity contribution in [3.05, 3.63) is 35.9 Å². The number of esters is 1. The zero-order valence-electron chi connectivity index (χ0n) is 22.5. The molecular formula is C28H47F3O3Sn. The van der Waals surface area contributed by atoms with Crippen molar-refractivity contribution >= 4 is 24.3 Å². The third-order valence-electron chi connectivity index (χ3n) is 7.23. The molecule has 7 heteroatoms. The first-order chi connectivity index (χ1) is 16.6. The fraction of sp³-hybridized carbons (Fsp3) is 0.750. The van der Waals surface area contributed by atoms with Crippen LogP contribution < -0.4 is 0 Å². The molecule has 1 aromatic rings. The van der Waals surface area contributed by atoms with Gasteiger partial charge >= 0.3 is 216 Å². The molecule has 0 heterocycles. The van der Waals surface area contributed by atoms with Crippen molar-refractivity contribution in [2.75, 3.05) is 7.11 Å². The van der Waals surface area contributed by atoms with E-state index in [1.165, 1.54) is 80.5 Å². The standard InChI is InChI=1S/C16H20F3O3.3C4H9.Sn/c1-4-5-9-12(2)22-14(20)15(21-3,16(17,18)19)13-10-7-6-8-11-13;3*1-3-4-2;/h6-8,10-12H,1,4-5,9H2,2-3H3;3*1,3-4H2,2H3;/t12-,15+;;;;/m1..../s1. The number of ether oxygens (including phenoxy) is 2. The van der Waals surface area contributed by atoms with Gasteiger partial charge in [0.1, 0.15) is 0 Å². The topological polar surface area (TPSA) is 35.5 Å². The molecule has 0 aliphatic carbocycles. The number of carbonyl (C=O) groups is 1. The van der Waals surface area contributed by atoms with E-state index >= 15 is 0 Å². The quantitative estimate of drug-likeness (QED) is 0.0950. The Labute approximate surface area is 215 Å². The van der Waals surface area contributed by atoms with Gasteiger partial charge in [0.25, 0.3) is 0 Å². The maximum atomic E-state index is 14.1. The zero-order chi connectivity index (χ0) is 26.4. The van der Waals surface area contributed by atoms with Crippen LogP contribution in [0.1, 0.15) is 91.0 Å². The van der Waals surface area contributed by atoms with Gasteiger partial charge in [-0.1, -0.05) is 0 Å². The molecule has 35 heavy (non-hydrogen) atoms. The van der Waals surface area contributed by atoms with E-state index in [1.54, 1.807) is 13.0 Å². The van der Waals surface area contributed by atoms with Gasteiger partial charge in [-0.2, -0.15) is 0 Å². The average molecular weight is 607 g/mol. The molecule has 1 rings (SSSR count). The Kier molecular flexibility index (Phi) is 14.9. The Hall–Kier alpha value is -0.761. The Morgan fingerprint density at radius 2 is 1.34 bits per heavy atom. The van der Waals surface area contributed by atoms with Crippen molar-refractivity contribution in [1.29, 1.82) is 0 Å². The summed E-state index contributed by atoms with van der Waals surface area (Å²) in [6.07, 6.45) is 4.69. The van der Waals surface area contributed by atoms with Gasteiger partial charge in [-0.3, -0.25) is 0 Å². The molecule has 202 valence electrons. The van der Waals surface area contributed by atoms with E-state index < -0.39 is 42.2 Å². The Morgan fingerprint density at radius 1 is 0.857 bits per heavy atom. The number of benzene rings is 1. The second kappa shape index (κ2) is 16.2. The molecule has 0 aliphatic rings. The second-order valence-electron chi connectivity index (χ2n) is 10.0. The van der Waals surface area contributed by atoms with Crippen LogP contribution in [0.2, 0.25) is 17.7 Å². The van der Waals surface area contributed by atoms with Crippen molar-refractivity contribution in [3.63, 3.8) is 0 Å². The van der Waals surface area contributed by atoms with Crippen molar-refractivity contribution in [3.8, 4) is 0 Å². The SMILES string of the molecule is CCC[CH2][Sn]([CH2]CCC)([CH2]CCC)[CH2]CCC[C@@H](C)OC(=O)[C@@](OC)(c1ccccc1)C(F)(F)F. The monoisotopic (exact) mass is 608 g/mol. The summed E-state index contributed by atoms with van der Waals surface area (Å²) < 4.78 is 58.1. The number of carbonyl (C=O) groups excluding carboxylic acids is 1. The van der Waals surface area contributed by atoms with Gasteiger partial charge in [0.15, 0.2) is 0 Å². The van der Waals surface area contributed by atoms with Gasteiger partial charge in [-0.25, -0.2) is 0 Å². The number of alkyl halides is 3. The van der Waals surface area contributed by atoms with E-state index in [4.69, 9.17) is 9.47 Å². The summed E-state index contributed by atoms with van der Waals surface area (Å²) in [4.78, 5) is 12.8. The van der Waals surface area contributed by atoms with E-state index in [-0.39, 0.29) is 5.56 Å². The average Bonchev–Trinajstić information content (AvgIpc) is 2.83. The van der Waals surface area contributed by atoms with Crippen LogP contribution in [-0.4, -0.2) is 43.7 Å². The summed E-state index contributed by atoms with van der Waals surface area (Å²) in [5, 5.41) is 0. The van der Waals surface area contributed by atoms with Gasteiger partial charge in [-0.05, 0) is 0 Å². The number of unbranched alkanes of at least 4 members (excludes halogenated alkanes) is 4. The molecule has 0 amide bonds. The van der Waals surface area contributed by atoms with Crippen LogP contribution in [-0.2, 0) is 19.9 Å². The van der Waals surface area contributed by atoms with Gasteiger partial charge < -0.3 is 0 Å². The molecule has 0 aliphatic heterocycles. The van der Waals surface area contributed by atoms with Crippen LogP contribution in [0.5, 0.6) is 0 Å². The molecule has 0 saturated carbocycles. The van der Waals surface area contributed by atoms with Crippen LogP contribution in [0.4, 0.5) is 13.2 Å². The molecule has 0 bridgehead atoms. The summed E-state index contributed by atoms with van der Waals surface area (Å²) >= 11 is -2.21. The zero-order valence-corrected chi connectivity index (χ0v) is 25.4. The molecule has 0 saturated heterocycles. The number of halogens is 3. The predicted octanol–water partition coefficient (Wildman–Crippen LogP) is 9.04. The predicted molar refractivity (Wildman–Crippen MR) is 140 cm³/mol. The van der Waals surface area contributed by atoms with E-state index in [0.717, 1.165) is 20.0 Å².